The number of nitrogens with one attached hydrogen (secondary N) is 1. The smallest absolute Gasteiger partial charge is 0.0370 e. The molecular formula is C17H19Br2N. The Kier molecular flexibility index (Phi) is 5.42. The van der Waals surface area contributed by atoms with E-state index in [0.717, 1.165) is 15.4 Å². The van der Waals surface area contributed by atoms with Crippen molar-refractivity contribution in [3.63, 3.8) is 0 Å². The van der Waals surface area contributed by atoms with Gasteiger partial charge in [0.1, 0.15) is 0 Å². The van der Waals surface area contributed by atoms with Crippen LogP contribution >= 0.6 is 31.9 Å². The molecule has 0 radical (unpaired) electrons. The lowest BCUT2D eigenvalue weighted by atomic mass is 9.97. The highest BCUT2D eigenvalue weighted by Gasteiger charge is 2.15. The zero-order chi connectivity index (χ0) is 14.7. The predicted molar refractivity (Wildman–Crippen MR) is 93.3 cm³/mol. The van der Waals surface area contributed by atoms with Gasteiger partial charge in [-0.1, -0.05) is 61.7 Å². The van der Waals surface area contributed by atoms with Crippen LogP contribution in [0.1, 0.15) is 28.3 Å². The third-order valence-electron chi connectivity index (χ3n) is 3.56. The van der Waals surface area contributed by atoms with Crippen molar-refractivity contribution in [2.45, 2.75) is 26.3 Å². The minimum atomic E-state index is 0.295. The van der Waals surface area contributed by atoms with Crippen molar-refractivity contribution in [1.29, 1.82) is 0 Å². The maximum Gasteiger partial charge on any atom is 0.0370 e. The van der Waals surface area contributed by atoms with Crippen LogP contribution in [0.4, 0.5) is 0 Å². The molecule has 0 aliphatic carbocycles. The van der Waals surface area contributed by atoms with Gasteiger partial charge in [0.05, 0.1) is 0 Å². The van der Waals surface area contributed by atoms with E-state index >= 15 is 0 Å². The fourth-order valence-corrected chi connectivity index (χ4v) is 3.35. The number of rotatable bonds is 4. The van der Waals surface area contributed by atoms with Crippen LogP contribution in [0.2, 0.25) is 0 Å². The highest BCUT2D eigenvalue weighted by atomic mass is 79.9. The Hall–Kier alpha value is -0.640. The summed E-state index contributed by atoms with van der Waals surface area (Å²) >= 11 is 7.31. The Morgan fingerprint density at radius 1 is 1.00 bits per heavy atom. The van der Waals surface area contributed by atoms with Gasteiger partial charge in [0.25, 0.3) is 0 Å². The normalized spacial score (nSPS) is 12.4. The van der Waals surface area contributed by atoms with Gasteiger partial charge >= 0.3 is 0 Å². The quantitative estimate of drug-likeness (QED) is 0.736. The van der Waals surface area contributed by atoms with Crippen LogP contribution in [-0.2, 0) is 6.42 Å². The molecule has 0 spiro atoms. The minimum absolute atomic E-state index is 0.295. The maximum absolute atomic E-state index is 3.69. The fraction of sp³-hybridized carbons (Fsp3) is 0.294. The van der Waals surface area contributed by atoms with Crippen LogP contribution in [0.25, 0.3) is 0 Å². The number of likely N-dealkylation sites (N-methyl/N-ethyl adjacent to an activating group) is 1. The molecule has 0 heterocycles. The summed E-state index contributed by atoms with van der Waals surface area (Å²) in [7, 11) is 2.01. The molecule has 2 rings (SSSR count). The first-order chi connectivity index (χ1) is 9.51. The van der Waals surface area contributed by atoms with Crippen LogP contribution in [0.3, 0.4) is 0 Å². The van der Waals surface area contributed by atoms with E-state index in [-0.39, 0.29) is 0 Å². The van der Waals surface area contributed by atoms with Crippen molar-refractivity contribution in [3.8, 4) is 0 Å². The lowest BCUT2D eigenvalue weighted by Gasteiger charge is -2.19. The van der Waals surface area contributed by atoms with Crippen LogP contribution in [0, 0.1) is 13.8 Å². The van der Waals surface area contributed by atoms with Gasteiger partial charge in [-0.15, -0.1) is 0 Å². The monoisotopic (exact) mass is 395 g/mol. The summed E-state index contributed by atoms with van der Waals surface area (Å²) in [6, 6.07) is 13.4. The van der Waals surface area contributed by atoms with E-state index in [1.807, 2.05) is 7.05 Å². The number of halogens is 2. The van der Waals surface area contributed by atoms with Gasteiger partial charge in [0.15, 0.2) is 0 Å². The standard InChI is InChI=1S/C17H19Br2N/c1-11-4-6-13(7-5-11)9-17(20-3)14-10-15(18)12(2)8-16(14)19/h4-8,10,17,20H,9H2,1-3H3. The molecule has 1 atom stereocenters. The SMILES string of the molecule is CNC(Cc1ccc(C)cc1)c1cc(Br)c(C)cc1Br. The van der Waals surface area contributed by atoms with Gasteiger partial charge in [0, 0.05) is 15.0 Å². The zero-order valence-electron chi connectivity index (χ0n) is 12.0. The Bertz CT molecular complexity index is 591. The summed E-state index contributed by atoms with van der Waals surface area (Å²) in [5, 5.41) is 3.42. The van der Waals surface area contributed by atoms with Crippen LogP contribution in [0.15, 0.2) is 45.3 Å². The van der Waals surface area contributed by atoms with Gasteiger partial charge in [-0.25, -0.2) is 0 Å². The van der Waals surface area contributed by atoms with Crippen molar-refractivity contribution in [2.24, 2.45) is 0 Å². The summed E-state index contributed by atoms with van der Waals surface area (Å²) in [5.74, 6) is 0. The molecule has 0 aromatic heterocycles. The fourth-order valence-electron chi connectivity index (χ4n) is 2.26. The van der Waals surface area contributed by atoms with E-state index in [2.05, 4.69) is 87.4 Å². The van der Waals surface area contributed by atoms with E-state index in [0.29, 0.717) is 6.04 Å². The molecule has 2 aromatic carbocycles. The van der Waals surface area contributed by atoms with Gasteiger partial charge < -0.3 is 5.32 Å². The molecule has 0 aliphatic heterocycles. The van der Waals surface area contributed by atoms with Gasteiger partial charge in [-0.05, 0) is 56.1 Å². The number of hydrogen-bond donors (Lipinski definition) is 1. The van der Waals surface area contributed by atoms with Crippen molar-refractivity contribution in [1.82, 2.24) is 5.32 Å². The van der Waals surface area contributed by atoms with Crippen molar-refractivity contribution < 1.29 is 0 Å². The summed E-state index contributed by atoms with van der Waals surface area (Å²) < 4.78 is 2.31. The third-order valence-corrected chi connectivity index (χ3v) is 5.10. The van der Waals surface area contributed by atoms with E-state index in [1.54, 1.807) is 0 Å². The molecule has 0 fully saturated rings. The molecule has 106 valence electrons. The molecule has 0 bridgehead atoms. The first-order valence-corrected chi connectivity index (χ1v) is 8.28. The van der Waals surface area contributed by atoms with Crippen molar-refractivity contribution in [2.75, 3.05) is 7.05 Å². The summed E-state index contributed by atoms with van der Waals surface area (Å²) in [6.45, 7) is 4.22. The van der Waals surface area contributed by atoms with E-state index in [4.69, 9.17) is 0 Å². The van der Waals surface area contributed by atoms with Gasteiger partial charge in [0.2, 0.25) is 0 Å². The second-order valence-electron chi connectivity index (χ2n) is 5.15. The zero-order valence-corrected chi connectivity index (χ0v) is 15.2. The third kappa shape index (κ3) is 3.72. The van der Waals surface area contributed by atoms with Crippen molar-refractivity contribution >= 4 is 31.9 Å². The molecule has 1 unspecified atom stereocenters. The predicted octanol–water partition coefficient (Wildman–Crippen LogP) is 5.33. The molecule has 0 aliphatic rings. The molecule has 2 aromatic rings. The average Bonchev–Trinajstić information content (AvgIpc) is 2.43. The molecule has 3 heteroatoms. The molecule has 1 N–H and O–H groups in total. The average molecular weight is 397 g/mol. The maximum atomic E-state index is 3.69. The highest BCUT2D eigenvalue weighted by molar-refractivity contribution is 9.11. The Morgan fingerprint density at radius 3 is 2.25 bits per heavy atom. The Morgan fingerprint density at radius 2 is 1.65 bits per heavy atom. The van der Waals surface area contributed by atoms with Crippen molar-refractivity contribution in [3.05, 3.63) is 67.6 Å². The number of aryl methyl sites for hydroxylation is 2. The van der Waals surface area contributed by atoms with E-state index in [9.17, 15) is 0 Å². The lowest BCUT2D eigenvalue weighted by molar-refractivity contribution is 0.589. The van der Waals surface area contributed by atoms with Crippen LogP contribution in [0.5, 0.6) is 0 Å². The number of benzene rings is 2. The van der Waals surface area contributed by atoms with E-state index < -0.39 is 0 Å². The van der Waals surface area contributed by atoms with Crippen LogP contribution in [-0.4, -0.2) is 7.05 Å². The minimum Gasteiger partial charge on any atom is -0.313 e. The number of hydrogen-bond acceptors (Lipinski definition) is 1. The summed E-state index contributed by atoms with van der Waals surface area (Å²) in [4.78, 5) is 0. The van der Waals surface area contributed by atoms with Crippen LogP contribution < -0.4 is 5.32 Å². The second-order valence-corrected chi connectivity index (χ2v) is 6.86. The van der Waals surface area contributed by atoms with Gasteiger partial charge in [-0.3, -0.25) is 0 Å². The largest absolute Gasteiger partial charge is 0.313 e. The van der Waals surface area contributed by atoms with E-state index in [1.165, 1.54) is 22.3 Å². The first-order valence-electron chi connectivity index (χ1n) is 6.69. The molecule has 0 saturated heterocycles. The van der Waals surface area contributed by atoms with Gasteiger partial charge in [-0.2, -0.15) is 0 Å². The lowest BCUT2D eigenvalue weighted by Crippen LogP contribution is -2.19. The molecular weight excluding hydrogens is 378 g/mol. The molecule has 0 saturated carbocycles. The topological polar surface area (TPSA) is 12.0 Å². The molecule has 20 heavy (non-hydrogen) atoms. The summed E-state index contributed by atoms with van der Waals surface area (Å²) in [6.07, 6.45) is 0.977. The second kappa shape index (κ2) is 6.88. The first kappa shape index (κ1) is 15.7. The molecule has 0 amide bonds. The Balaban J connectivity index is 2.28. The molecule has 1 nitrogen and oxygen atoms in total. The Labute approximate surface area is 138 Å². The highest BCUT2D eigenvalue weighted by Crippen LogP contribution is 2.31. The summed E-state index contributed by atoms with van der Waals surface area (Å²) in [5.41, 5.74) is 5.17.